The third kappa shape index (κ3) is 5.81. The van der Waals surface area contributed by atoms with Gasteiger partial charge in [0.05, 0.1) is 0 Å². The zero-order chi connectivity index (χ0) is 38.0. The normalized spacial score (nSPS) is 16.6. The number of alkyl halides is 21. The molecule has 2 aromatic carbocycles. The standard InChI is InChI=1S/C26H18F21N/c1-12(14-6-4-3-5-7-14)48-13(2)15-8-10-16(11-9-15)17(27,28)18(29,30)19(31,32)20(33,34)21(35,36)22(37,38)23(39,40)24(41,42)25(43,44)26(45,46)47/h3-13,48H,1-2H3/t12-,13-/m0/s1. The van der Waals surface area contributed by atoms with Crippen molar-refractivity contribution < 1.29 is 92.2 Å². The maximum absolute atomic E-state index is 14.6. The maximum atomic E-state index is 14.6. The molecule has 0 aliphatic carbocycles. The molecule has 0 unspecified atom stereocenters. The molecule has 274 valence electrons. The van der Waals surface area contributed by atoms with E-state index in [1.807, 2.05) is 0 Å². The number of nitrogens with one attached hydrogen (secondary N) is 1. The van der Waals surface area contributed by atoms with Gasteiger partial charge in [0.25, 0.3) is 0 Å². The summed E-state index contributed by atoms with van der Waals surface area (Å²) in [5.41, 5.74) is -1.84. The van der Waals surface area contributed by atoms with E-state index in [1.54, 1.807) is 37.3 Å². The molecule has 0 saturated heterocycles. The van der Waals surface area contributed by atoms with Gasteiger partial charge < -0.3 is 5.32 Å². The summed E-state index contributed by atoms with van der Waals surface area (Å²) in [7, 11) is 0. The van der Waals surface area contributed by atoms with Crippen LogP contribution in [0, 0.1) is 0 Å². The third-order valence-corrected chi connectivity index (χ3v) is 7.08. The Labute approximate surface area is 255 Å². The van der Waals surface area contributed by atoms with E-state index < -0.39 is 77.1 Å². The Morgan fingerprint density at radius 3 is 1.00 bits per heavy atom. The van der Waals surface area contributed by atoms with E-state index in [-0.39, 0.29) is 17.7 Å². The summed E-state index contributed by atoms with van der Waals surface area (Å²) in [5.74, 6) is -77.3. The minimum Gasteiger partial charge on any atom is -0.304 e. The summed E-state index contributed by atoms with van der Waals surface area (Å²) in [5, 5.41) is 2.88. The van der Waals surface area contributed by atoms with Crippen LogP contribution in [-0.4, -0.2) is 53.6 Å². The second-order valence-electron chi connectivity index (χ2n) is 10.3. The molecule has 0 radical (unpaired) electrons. The fourth-order valence-electron chi connectivity index (χ4n) is 4.03. The summed E-state index contributed by atoms with van der Waals surface area (Å²) in [6.07, 6.45) is -8.02. The summed E-state index contributed by atoms with van der Waals surface area (Å²) in [6, 6.07) is 7.50. The van der Waals surface area contributed by atoms with Crippen LogP contribution in [0.25, 0.3) is 0 Å². The van der Waals surface area contributed by atoms with Gasteiger partial charge in [-0.3, -0.25) is 0 Å². The molecule has 22 heteroatoms. The second-order valence-corrected chi connectivity index (χ2v) is 10.3. The lowest BCUT2D eigenvalue weighted by Gasteiger charge is -2.44. The molecule has 0 heterocycles. The first kappa shape index (κ1) is 41.1. The van der Waals surface area contributed by atoms with E-state index in [1.165, 1.54) is 6.92 Å². The minimum atomic E-state index is -9.20. The largest absolute Gasteiger partial charge is 0.460 e. The number of benzene rings is 2. The van der Waals surface area contributed by atoms with Gasteiger partial charge in [0.1, 0.15) is 0 Å². The molecule has 48 heavy (non-hydrogen) atoms. The Bertz CT molecular complexity index is 1400. The van der Waals surface area contributed by atoms with Crippen LogP contribution in [0.3, 0.4) is 0 Å². The van der Waals surface area contributed by atoms with Crippen molar-refractivity contribution in [1.82, 2.24) is 5.32 Å². The van der Waals surface area contributed by atoms with Crippen molar-refractivity contribution in [2.75, 3.05) is 0 Å². The average Bonchev–Trinajstić information content (AvgIpc) is 2.96. The fraction of sp³-hybridized carbons (Fsp3) is 0.538. The van der Waals surface area contributed by atoms with Crippen molar-refractivity contribution >= 4 is 0 Å². The number of hydrogen-bond acceptors (Lipinski definition) is 1. The average molecular weight is 743 g/mol. The van der Waals surface area contributed by atoms with Gasteiger partial charge >= 0.3 is 59.5 Å². The van der Waals surface area contributed by atoms with E-state index in [4.69, 9.17) is 0 Å². The van der Waals surface area contributed by atoms with Gasteiger partial charge in [-0.05, 0) is 25.0 Å². The van der Waals surface area contributed by atoms with Gasteiger partial charge in [-0.25, -0.2) is 0 Å². The molecule has 0 saturated carbocycles. The van der Waals surface area contributed by atoms with Crippen molar-refractivity contribution in [2.45, 2.75) is 85.4 Å². The predicted molar refractivity (Wildman–Crippen MR) is 122 cm³/mol. The molecule has 2 aromatic rings. The van der Waals surface area contributed by atoms with Crippen molar-refractivity contribution in [3.63, 3.8) is 0 Å². The summed E-state index contributed by atoms with van der Waals surface area (Å²) in [4.78, 5) is 0. The van der Waals surface area contributed by atoms with Crippen LogP contribution >= 0.6 is 0 Å². The van der Waals surface area contributed by atoms with Crippen LogP contribution in [0.1, 0.15) is 42.6 Å². The molecular weight excluding hydrogens is 725 g/mol. The highest BCUT2D eigenvalue weighted by Crippen LogP contribution is 2.67. The fourth-order valence-corrected chi connectivity index (χ4v) is 4.03. The molecular formula is C26H18F21N. The van der Waals surface area contributed by atoms with Crippen LogP contribution in [0.5, 0.6) is 0 Å². The van der Waals surface area contributed by atoms with Crippen molar-refractivity contribution in [1.29, 1.82) is 0 Å². The van der Waals surface area contributed by atoms with E-state index in [9.17, 15) is 92.2 Å². The van der Waals surface area contributed by atoms with E-state index in [0.717, 1.165) is 0 Å². The monoisotopic (exact) mass is 743 g/mol. The van der Waals surface area contributed by atoms with Crippen molar-refractivity contribution in [3.05, 3.63) is 71.3 Å². The highest BCUT2D eigenvalue weighted by Gasteiger charge is 2.97. The first-order valence-electron chi connectivity index (χ1n) is 12.5. The van der Waals surface area contributed by atoms with Gasteiger partial charge in [0, 0.05) is 17.6 Å². The molecule has 0 aromatic heterocycles. The molecule has 0 spiro atoms. The summed E-state index contributed by atoms with van der Waals surface area (Å²) in [6.45, 7) is 2.94. The Hall–Kier alpha value is -3.07. The first-order chi connectivity index (χ1) is 21.1. The lowest BCUT2D eigenvalue weighted by Crippen LogP contribution is -2.76. The van der Waals surface area contributed by atoms with Crippen LogP contribution in [-0.2, 0) is 5.92 Å². The lowest BCUT2D eigenvalue weighted by molar-refractivity contribution is -0.474. The SMILES string of the molecule is C[C@H](N[C@@H](C)c1ccc(C(F)(F)C(F)(F)C(F)(F)C(F)(F)C(F)(F)C(F)(F)C(F)(F)C(F)(F)C(F)(F)C(F)(F)F)cc1)c1ccccc1. The Balaban J connectivity index is 2.53. The Kier molecular flexibility index (Phi) is 10.3. The Morgan fingerprint density at radius 2 is 0.667 bits per heavy atom. The molecule has 0 aliphatic heterocycles. The smallest absolute Gasteiger partial charge is 0.304 e. The van der Waals surface area contributed by atoms with Crippen LogP contribution in [0.15, 0.2) is 54.6 Å². The lowest BCUT2D eigenvalue weighted by atomic mass is 9.85. The zero-order valence-corrected chi connectivity index (χ0v) is 23.3. The molecule has 0 bridgehead atoms. The van der Waals surface area contributed by atoms with E-state index >= 15 is 0 Å². The molecule has 2 rings (SSSR count). The second kappa shape index (κ2) is 12.1. The number of rotatable bonds is 13. The molecule has 0 amide bonds. The van der Waals surface area contributed by atoms with Gasteiger partial charge in [-0.1, -0.05) is 54.6 Å². The topological polar surface area (TPSA) is 12.0 Å². The highest BCUT2D eigenvalue weighted by atomic mass is 19.4. The summed E-state index contributed by atoms with van der Waals surface area (Å²) < 4.78 is 287. The van der Waals surface area contributed by atoms with Gasteiger partial charge in [0.2, 0.25) is 0 Å². The number of halogens is 21. The first-order valence-corrected chi connectivity index (χ1v) is 12.5. The number of hydrogen-bond donors (Lipinski definition) is 1. The van der Waals surface area contributed by atoms with E-state index in [2.05, 4.69) is 5.32 Å². The molecule has 0 fully saturated rings. The Morgan fingerprint density at radius 1 is 0.375 bits per heavy atom. The van der Waals surface area contributed by atoms with Gasteiger partial charge in [-0.15, -0.1) is 0 Å². The summed E-state index contributed by atoms with van der Waals surface area (Å²) >= 11 is 0. The van der Waals surface area contributed by atoms with Crippen LogP contribution in [0.2, 0.25) is 0 Å². The molecule has 2 atom stereocenters. The predicted octanol–water partition coefficient (Wildman–Crippen LogP) is 10.8. The molecule has 1 N–H and O–H groups in total. The highest BCUT2D eigenvalue weighted by molar-refractivity contribution is 5.31. The van der Waals surface area contributed by atoms with E-state index in [0.29, 0.717) is 17.7 Å². The zero-order valence-electron chi connectivity index (χ0n) is 23.3. The van der Waals surface area contributed by atoms with Crippen LogP contribution < -0.4 is 5.32 Å². The van der Waals surface area contributed by atoms with Crippen molar-refractivity contribution in [2.24, 2.45) is 0 Å². The van der Waals surface area contributed by atoms with Crippen LogP contribution in [0.4, 0.5) is 92.2 Å². The van der Waals surface area contributed by atoms with Gasteiger partial charge in [0.15, 0.2) is 0 Å². The maximum Gasteiger partial charge on any atom is 0.460 e. The quantitative estimate of drug-likeness (QED) is 0.202. The molecule has 1 nitrogen and oxygen atoms in total. The minimum absolute atomic E-state index is 0.0947. The van der Waals surface area contributed by atoms with Crippen molar-refractivity contribution in [3.8, 4) is 0 Å². The molecule has 0 aliphatic rings. The third-order valence-electron chi connectivity index (χ3n) is 7.08. The van der Waals surface area contributed by atoms with Gasteiger partial charge in [-0.2, -0.15) is 92.2 Å².